The van der Waals surface area contributed by atoms with E-state index in [1.165, 1.54) is 57.4 Å². The Bertz CT molecular complexity index is 449. The molecule has 2 heteroatoms. The van der Waals surface area contributed by atoms with Gasteiger partial charge in [-0.05, 0) is 69.3 Å². The van der Waals surface area contributed by atoms with E-state index in [1.54, 1.807) is 11.1 Å². The van der Waals surface area contributed by atoms with Crippen molar-refractivity contribution < 1.29 is 0 Å². The normalized spacial score (nSPS) is 25.9. The van der Waals surface area contributed by atoms with E-state index in [0.717, 1.165) is 5.92 Å². The molecule has 3 rings (SSSR count). The second-order valence-corrected chi connectivity index (χ2v) is 6.56. The standard InChI is InChI=1S/C18H28N2/c1-3-20(13-15-5-4-10-19-12-15)18-9-8-16-7-6-14(2)11-17(16)18/h6-7,11,15,18-19H,3-5,8-10,12-13H2,1-2H3. The van der Waals surface area contributed by atoms with Crippen LogP contribution in [0.4, 0.5) is 0 Å². The molecule has 2 atom stereocenters. The molecule has 1 fully saturated rings. The van der Waals surface area contributed by atoms with Crippen LogP contribution in [0.3, 0.4) is 0 Å². The van der Waals surface area contributed by atoms with Gasteiger partial charge in [-0.15, -0.1) is 0 Å². The maximum Gasteiger partial charge on any atom is 0.0354 e. The molecule has 0 aromatic heterocycles. The molecule has 1 aliphatic carbocycles. The Kier molecular flexibility index (Phi) is 4.42. The SMILES string of the molecule is CCN(CC1CCCNC1)C1CCc2ccc(C)cc21. The monoisotopic (exact) mass is 272 g/mol. The predicted octanol–water partition coefficient (Wildman–Crippen LogP) is 3.30. The third-order valence-electron chi connectivity index (χ3n) is 5.09. The van der Waals surface area contributed by atoms with Crippen molar-refractivity contribution in [1.82, 2.24) is 10.2 Å². The van der Waals surface area contributed by atoms with Crippen LogP contribution in [-0.4, -0.2) is 31.1 Å². The number of hydrogen-bond acceptors (Lipinski definition) is 2. The predicted molar refractivity (Wildman–Crippen MR) is 85.1 cm³/mol. The van der Waals surface area contributed by atoms with E-state index in [4.69, 9.17) is 0 Å². The van der Waals surface area contributed by atoms with Gasteiger partial charge in [0.15, 0.2) is 0 Å². The lowest BCUT2D eigenvalue weighted by atomic mass is 9.97. The van der Waals surface area contributed by atoms with E-state index in [-0.39, 0.29) is 0 Å². The molecule has 0 saturated carbocycles. The highest BCUT2D eigenvalue weighted by Crippen LogP contribution is 2.36. The molecule has 1 N–H and O–H groups in total. The first-order chi connectivity index (χ1) is 9.78. The number of benzene rings is 1. The fourth-order valence-electron chi connectivity index (χ4n) is 3.97. The Labute approximate surface area is 123 Å². The summed E-state index contributed by atoms with van der Waals surface area (Å²) in [5.41, 5.74) is 4.60. The van der Waals surface area contributed by atoms with Crippen molar-refractivity contribution in [3.8, 4) is 0 Å². The molecular formula is C18H28N2. The summed E-state index contributed by atoms with van der Waals surface area (Å²) in [6.07, 6.45) is 5.33. The third kappa shape index (κ3) is 2.91. The van der Waals surface area contributed by atoms with E-state index < -0.39 is 0 Å². The maximum absolute atomic E-state index is 3.56. The van der Waals surface area contributed by atoms with E-state index in [1.807, 2.05) is 0 Å². The molecule has 0 spiro atoms. The van der Waals surface area contributed by atoms with Gasteiger partial charge in [-0.2, -0.15) is 0 Å². The van der Waals surface area contributed by atoms with Crippen LogP contribution in [-0.2, 0) is 6.42 Å². The summed E-state index contributed by atoms with van der Waals surface area (Å²) in [6, 6.07) is 7.70. The van der Waals surface area contributed by atoms with Crippen molar-refractivity contribution in [1.29, 1.82) is 0 Å². The second kappa shape index (κ2) is 6.28. The van der Waals surface area contributed by atoms with Crippen molar-refractivity contribution >= 4 is 0 Å². The average Bonchev–Trinajstić information content (AvgIpc) is 2.89. The first-order valence-corrected chi connectivity index (χ1v) is 8.32. The molecule has 20 heavy (non-hydrogen) atoms. The van der Waals surface area contributed by atoms with Crippen molar-refractivity contribution in [2.75, 3.05) is 26.2 Å². The molecule has 1 aromatic carbocycles. The highest BCUT2D eigenvalue weighted by Gasteiger charge is 2.28. The fraction of sp³-hybridized carbons (Fsp3) is 0.667. The van der Waals surface area contributed by atoms with Gasteiger partial charge in [0.1, 0.15) is 0 Å². The molecule has 2 aliphatic rings. The zero-order valence-corrected chi connectivity index (χ0v) is 13.0. The van der Waals surface area contributed by atoms with Crippen LogP contribution in [0.5, 0.6) is 0 Å². The van der Waals surface area contributed by atoms with Gasteiger partial charge in [-0.1, -0.05) is 30.7 Å². The largest absolute Gasteiger partial charge is 0.316 e. The van der Waals surface area contributed by atoms with Crippen LogP contribution in [0.15, 0.2) is 18.2 Å². The number of aryl methyl sites for hydroxylation is 2. The van der Waals surface area contributed by atoms with Crippen LogP contribution in [0.2, 0.25) is 0 Å². The Balaban J connectivity index is 1.72. The summed E-state index contributed by atoms with van der Waals surface area (Å²) in [5.74, 6) is 0.845. The minimum Gasteiger partial charge on any atom is -0.316 e. The van der Waals surface area contributed by atoms with Crippen LogP contribution in [0.25, 0.3) is 0 Å². The Morgan fingerprint density at radius 3 is 2.95 bits per heavy atom. The first kappa shape index (κ1) is 14.1. The van der Waals surface area contributed by atoms with Gasteiger partial charge in [-0.25, -0.2) is 0 Å². The van der Waals surface area contributed by atoms with Gasteiger partial charge < -0.3 is 5.32 Å². The molecule has 2 nitrogen and oxygen atoms in total. The second-order valence-electron chi connectivity index (χ2n) is 6.56. The van der Waals surface area contributed by atoms with Crippen molar-refractivity contribution in [3.05, 3.63) is 34.9 Å². The van der Waals surface area contributed by atoms with Gasteiger partial charge in [-0.3, -0.25) is 4.90 Å². The quantitative estimate of drug-likeness (QED) is 0.904. The van der Waals surface area contributed by atoms with Crippen molar-refractivity contribution in [2.45, 2.75) is 45.6 Å². The molecule has 110 valence electrons. The number of nitrogens with one attached hydrogen (secondary N) is 1. The zero-order chi connectivity index (χ0) is 13.9. The highest BCUT2D eigenvalue weighted by atomic mass is 15.2. The van der Waals surface area contributed by atoms with Gasteiger partial charge in [0, 0.05) is 12.6 Å². The third-order valence-corrected chi connectivity index (χ3v) is 5.09. The van der Waals surface area contributed by atoms with Gasteiger partial charge in [0.25, 0.3) is 0 Å². The Morgan fingerprint density at radius 1 is 1.30 bits per heavy atom. The lowest BCUT2D eigenvalue weighted by Crippen LogP contribution is -2.39. The number of fused-ring (bicyclic) bond motifs is 1. The summed E-state index contributed by atoms with van der Waals surface area (Å²) in [4.78, 5) is 2.73. The summed E-state index contributed by atoms with van der Waals surface area (Å²) >= 11 is 0. The summed E-state index contributed by atoms with van der Waals surface area (Å²) < 4.78 is 0. The van der Waals surface area contributed by atoms with Crippen LogP contribution >= 0.6 is 0 Å². The Hall–Kier alpha value is -0.860. The number of nitrogens with zero attached hydrogens (tertiary/aromatic N) is 1. The van der Waals surface area contributed by atoms with Crippen LogP contribution in [0, 0.1) is 12.8 Å². The molecule has 1 aromatic rings. The molecule has 1 heterocycles. The lowest BCUT2D eigenvalue weighted by molar-refractivity contribution is 0.160. The molecule has 0 bridgehead atoms. The molecule has 2 unspecified atom stereocenters. The van der Waals surface area contributed by atoms with E-state index in [2.05, 4.69) is 42.3 Å². The highest BCUT2D eigenvalue weighted by molar-refractivity contribution is 5.37. The molecule has 0 amide bonds. The van der Waals surface area contributed by atoms with E-state index in [0.29, 0.717) is 6.04 Å². The van der Waals surface area contributed by atoms with Crippen LogP contribution < -0.4 is 5.32 Å². The molecule has 1 saturated heterocycles. The minimum absolute atomic E-state index is 0.664. The average molecular weight is 272 g/mol. The maximum atomic E-state index is 3.56. The minimum atomic E-state index is 0.664. The fourth-order valence-corrected chi connectivity index (χ4v) is 3.97. The van der Waals surface area contributed by atoms with Gasteiger partial charge in [0.2, 0.25) is 0 Å². The topological polar surface area (TPSA) is 15.3 Å². The number of piperidine rings is 1. The van der Waals surface area contributed by atoms with E-state index >= 15 is 0 Å². The van der Waals surface area contributed by atoms with Crippen molar-refractivity contribution in [2.24, 2.45) is 5.92 Å². The lowest BCUT2D eigenvalue weighted by Gasteiger charge is -2.34. The van der Waals surface area contributed by atoms with Gasteiger partial charge in [0.05, 0.1) is 0 Å². The Morgan fingerprint density at radius 2 is 2.20 bits per heavy atom. The number of hydrogen-bond donors (Lipinski definition) is 1. The first-order valence-electron chi connectivity index (χ1n) is 8.32. The zero-order valence-electron chi connectivity index (χ0n) is 13.0. The summed E-state index contributed by atoms with van der Waals surface area (Å²) in [5, 5.41) is 3.56. The molecular weight excluding hydrogens is 244 g/mol. The van der Waals surface area contributed by atoms with Crippen LogP contribution in [0.1, 0.15) is 48.9 Å². The van der Waals surface area contributed by atoms with Crippen molar-refractivity contribution in [3.63, 3.8) is 0 Å². The summed E-state index contributed by atoms with van der Waals surface area (Å²) in [7, 11) is 0. The van der Waals surface area contributed by atoms with E-state index in [9.17, 15) is 0 Å². The smallest absolute Gasteiger partial charge is 0.0354 e. The number of rotatable bonds is 4. The molecule has 0 radical (unpaired) electrons. The summed E-state index contributed by atoms with van der Waals surface area (Å²) in [6.45, 7) is 9.41. The van der Waals surface area contributed by atoms with Gasteiger partial charge >= 0.3 is 0 Å². The molecule has 1 aliphatic heterocycles.